The Morgan fingerprint density at radius 3 is 2.89 bits per heavy atom. The fourth-order valence-electron chi connectivity index (χ4n) is 1.63. The van der Waals surface area contributed by atoms with Crippen LogP contribution in [-0.4, -0.2) is 17.0 Å². The van der Waals surface area contributed by atoms with Crippen LogP contribution in [0.3, 0.4) is 0 Å². The largest absolute Gasteiger partial charge is 0.484 e. The first kappa shape index (κ1) is 13.2. The quantitative estimate of drug-likeness (QED) is 0.806. The second-order valence-corrected chi connectivity index (χ2v) is 4.41. The normalized spacial score (nSPS) is 9.95. The van der Waals surface area contributed by atoms with E-state index in [0.717, 1.165) is 0 Å². The van der Waals surface area contributed by atoms with Gasteiger partial charge >= 0.3 is 0 Å². The number of carbonyl (C=O) groups is 1. The van der Waals surface area contributed by atoms with E-state index in [1.807, 2.05) is 13.1 Å². The summed E-state index contributed by atoms with van der Waals surface area (Å²) in [6.45, 7) is -0.126. The monoisotopic (exact) mass is 274 g/mol. The molecule has 0 radical (unpaired) electrons. The number of nitrogens with zero attached hydrogens (tertiary/aromatic N) is 2. The molecule has 0 N–H and O–H groups in total. The highest BCUT2D eigenvalue weighted by Gasteiger charge is 2.11. The van der Waals surface area contributed by atoms with E-state index < -0.39 is 0 Å². The zero-order chi connectivity index (χ0) is 13.8. The van der Waals surface area contributed by atoms with Crippen molar-refractivity contribution in [1.29, 1.82) is 5.26 Å². The number of aromatic nitrogens is 1. The number of carbonyl (C=O) groups excluding carboxylic acids is 1. The zero-order valence-electron chi connectivity index (χ0n) is 10.3. The number of benzene rings is 1. The minimum atomic E-state index is -0.149. The molecule has 0 fully saturated rings. The number of ether oxygens (including phenoxy) is 1. The molecule has 1 heterocycles. The predicted octanol–water partition coefficient (Wildman–Crippen LogP) is 2.81. The van der Waals surface area contributed by atoms with Crippen LogP contribution in [0.25, 0.3) is 0 Å². The standard InChI is InChI=1S/C14H11ClN2O2/c1-17-6-5-10(8-17)13(18)9-19-14-4-2-3-12(15)11(14)7-16/h2-6,8H,9H2,1H3. The number of rotatable bonds is 4. The van der Waals surface area contributed by atoms with Crippen LogP contribution < -0.4 is 4.74 Å². The molecule has 5 heteroatoms. The maximum absolute atomic E-state index is 11.9. The summed E-state index contributed by atoms with van der Waals surface area (Å²) in [5.74, 6) is 0.170. The van der Waals surface area contributed by atoms with Gasteiger partial charge in [-0.2, -0.15) is 5.26 Å². The first-order chi connectivity index (χ1) is 9.11. The first-order valence-electron chi connectivity index (χ1n) is 5.58. The minimum absolute atomic E-state index is 0.126. The Morgan fingerprint density at radius 2 is 2.26 bits per heavy atom. The molecule has 4 nitrogen and oxygen atoms in total. The summed E-state index contributed by atoms with van der Waals surface area (Å²) in [6, 6.07) is 8.57. The molecule has 0 aliphatic carbocycles. The van der Waals surface area contributed by atoms with E-state index in [0.29, 0.717) is 16.3 Å². The van der Waals surface area contributed by atoms with Gasteiger partial charge in [-0.15, -0.1) is 0 Å². The van der Waals surface area contributed by atoms with E-state index >= 15 is 0 Å². The number of aryl methyl sites for hydroxylation is 1. The Balaban J connectivity index is 2.10. The molecular formula is C14H11ClN2O2. The number of nitriles is 1. The SMILES string of the molecule is Cn1ccc(C(=O)COc2cccc(Cl)c2C#N)c1. The van der Waals surface area contributed by atoms with Crippen molar-refractivity contribution in [3.63, 3.8) is 0 Å². The van der Waals surface area contributed by atoms with Gasteiger partial charge in [0.1, 0.15) is 17.4 Å². The number of halogens is 1. The molecular weight excluding hydrogens is 264 g/mol. The summed E-state index contributed by atoms with van der Waals surface area (Å²) < 4.78 is 7.15. The van der Waals surface area contributed by atoms with Crippen molar-refractivity contribution in [3.05, 3.63) is 52.8 Å². The van der Waals surface area contributed by atoms with Gasteiger partial charge in [0.25, 0.3) is 0 Å². The molecule has 1 aromatic heterocycles. The zero-order valence-corrected chi connectivity index (χ0v) is 11.0. The molecule has 0 aliphatic rings. The molecule has 0 aliphatic heterocycles. The third-order valence-corrected chi connectivity index (χ3v) is 2.91. The predicted molar refractivity (Wildman–Crippen MR) is 71.4 cm³/mol. The highest BCUT2D eigenvalue weighted by Crippen LogP contribution is 2.25. The molecule has 0 spiro atoms. The Hall–Kier alpha value is -2.25. The summed E-state index contributed by atoms with van der Waals surface area (Å²) in [6.07, 6.45) is 3.50. The number of hydrogen-bond donors (Lipinski definition) is 0. The van der Waals surface area contributed by atoms with Crippen molar-refractivity contribution >= 4 is 17.4 Å². The lowest BCUT2D eigenvalue weighted by molar-refractivity contribution is 0.0921. The molecule has 1 aromatic carbocycles. The van der Waals surface area contributed by atoms with E-state index in [-0.39, 0.29) is 18.0 Å². The van der Waals surface area contributed by atoms with Gasteiger partial charge in [0.15, 0.2) is 6.61 Å². The Kier molecular flexibility index (Phi) is 3.88. The van der Waals surface area contributed by atoms with Crippen LogP contribution >= 0.6 is 11.6 Å². The van der Waals surface area contributed by atoms with Crippen LogP contribution in [0.4, 0.5) is 0 Å². The Morgan fingerprint density at radius 1 is 1.47 bits per heavy atom. The van der Waals surface area contributed by atoms with E-state index in [9.17, 15) is 4.79 Å². The van der Waals surface area contributed by atoms with Gasteiger partial charge < -0.3 is 9.30 Å². The summed E-state index contributed by atoms with van der Waals surface area (Å²) in [4.78, 5) is 11.9. The Bertz CT molecular complexity index is 656. The lowest BCUT2D eigenvalue weighted by Gasteiger charge is -2.07. The molecule has 2 aromatic rings. The summed E-state index contributed by atoms with van der Waals surface area (Å²) in [7, 11) is 1.84. The van der Waals surface area contributed by atoms with Gasteiger partial charge in [0.05, 0.1) is 5.02 Å². The molecule has 0 saturated carbocycles. The topological polar surface area (TPSA) is 55.0 Å². The molecule has 0 unspecified atom stereocenters. The molecule has 19 heavy (non-hydrogen) atoms. The number of Topliss-reactive ketones (excluding diaryl/α,β-unsaturated/α-hetero) is 1. The van der Waals surface area contributed by atoms with Gasteiger partial charge in [-0.25, -0.2) is 0 Å². The number of ketones is 1. The summed E-state index contributed by atoms with van der Waals surface area (Å²) in [5, 5.41) is 9.29. The lowest BCUT2D eigenvalue weighted by atomic mass is 10.2. The van der Waals surface area contributed by atoms with Crippen LogP contribution in [0.15, 0.2) is 36.7 Å². The van der Waals surface area contributed by atoms with E-state index in [1.54, 1.807) is 41.2 Å². The van der Waals surface area contributed by atoms with E-state index in [1.165, 1.54) is 0 Å². The molecule has 0 bridgehead atoms. The van der Waals surface area contributed by atoms with Crippen molar-refractivity contribution in [3.8, 4) is 11.8 Å². The summed E-state index contributed by atoms with van der Waals surface area (Å²) >= 11 is 5.87. The van der Waals surface area contributed by atoms with Gasteiger partial charge in [0, 0.05) is 25.0 Å². The highest BCUT2D eigenvalue weighted by atomic mass is 35.5. The Labute approximate surface area is 115 Å². The van der Waals surface area contributed by atoms with Crippen molar-refractivity contribution in [2.45, 2.75) is 0 Å². The third-order valence-electron chi connectivity index (χ3n) is 2.60. The van der Waals surface area contributed by atoms with Gasteiger partial charge in [-0.05, 0) is 18.2 Å². The average molecular weight is 275 g/mol. The highest BCUT2D eigenvalue weighted by molar-refractivity contribution is 6.31. The first-order valence-corrected chi connectivity index (χ1v) is 5.96. The van der Waals surface area contributed by atoms with Crippen molar-refractivity contribution in [2.24, 2.45) is 7.05 Å². The molecule has 0 atom stereocenters. The van der Waals surface area contributed by atoms with Crippen molar-refractivity contribution in [2.75, 3.05) is 6.61 Å². The lowest BCUT2D eigenvalue weighted by Crippen LogP contribution is -2.11. The van der Waals surface area contributed by atoms with Crippen LogP contribution in [0.5, 0.6) is 5.75 Å². The molecule has 96 valence electrons. The van der Waals surface area contributed by atoms with E-state index in [2.05, 4.69) is 0 Å². The molecule has 0 saturated heterocycles. The van der Waals surface area contributed by atoms with Gasteiger partial charge in [-0.1, -0.05) is 17.7 Å². The van der Waals surface area contributed by atoms with Crippen LogP contribution in [0.1, 0.15) is 15.9 Å². The van der Waals surface area contributed by atoms with Crippen molar-refractivity contribution in [1.82, 2.24) is 4.57 Å². The van der Waals surface area contributed by atoms with Gasteiger partial charge in [0.2, 0.25) is 5.78 Å². The number of hydrogen-bond acceptors (Lipinski definition) is 3. The minimum Gasteiger partial charge on any atom is -0.484 e. The molecule has 0 amide bonds. The van der Waals surface area contributed by atoms with Gasteiger partial charge in [-0.3, -0.25) is 4.79 Å². The maximum Gasteiger partial charge on any atom is 0.201 e. The fourth-order valence-corrected chi connectivity index (χ4v) is 1.84. The summed E-state index contributed by atoms with van der Waals surface area (Å²) in [5.41, 5.74) is 0.813. The maximum atomic E-state index is 11.9. The third kappa shape index (κ3) is 2.95. The van der Waals surface area contributed by atoms with Crippen LogP contribution in [0, 0.1) is 11.3 Å². The average Bonchev–Trinajstić information content (AvgIpc) is 2.83. The molecule has 2 rings (SSSR count). The van der Waals surface area contributed by atoms with E-state index in [4.69, 9.17) is 21.6 Å². The fraction of sp³-hybridized carbons (Fsp3) is 0.143. The second kappa shape index (κ2) is 5.59. The van der Waals surface area contributed by atoms with Crippen LogP contribution in [0.2, 0.25) is 5.02 Å². The second-order valence-electron chi connectivity index (χ2n) is 4.00. The van der Waals surface area contributed by atoms with Crippen molar-refractivity contribution < 1.29 is 9.53 Å². The van der Waals surface area contributed by atoms with Crippen LogP contribution in [-0.2, 0) is 7.05 Å². The smallest absolute Gasteiger partial charge is 0.201 e.